The Morgan fingerprint density at radius 2 is 1.93 bits per heavy atom. The normalized spacial score (nSPS) is 11.4. The minimum absolute atomic E-state index is 0.0340. The first-order valence-corrected chi connectivity index (χ1v) is 8.56. The summed E-state index contributed by atoms with van der Waals surface area (Å²) in [5.41, 5.74) is 1.08. The SMILES string of the molecule is COc1cccc(C(NC(=O)N(C)CCC(=O)O)c2cc(F)ccc2OC)c1. The first-order valence-electron chi connectivity index (χ1n) is 8.56. The Morgan fingerprint density at radius 3 is 2.57 bits per heavy atom. The summed E-state index contributed by atoms with van der Waals surface area (Å²) in [6, 6.07) is 9.82. The van der Waals surface area contributed by atoms with Gasteiger partial charge in [-0.15, -0.1) is 0 Å². The third-order valence-corrected chi connectivity index (χ3v) is 4.21. The molecule has 150 valence electrons. The topological polar surface area (TPSA) is 88.1 Å². The highest BCUT2D eigenvalue weighted by Gasteiger charge is 2.23. The number of ether oxygens (including phenoxy) is 2. The van der Waals surface area contributed by atoms with Crippen LogP contribution in [0.1, 0.15) is 23.6 Å². The van der Waals surface area contributed by atoms with E-state index in [2.05, 4.69) is 5.32 Å². The number of carbonyl (C=O) groups excluding carboxylic acids is 1. The van der Waals surface area contributed by atoms with Crippen LogP contribution >= 0.6 is 0 Å². The van der Waals surface area contributed by atoms with Gasteiger partial charge in [0.15, 0.2) is 0 Å². The van der Waals surface area contributed by atoms with Gasteiger partial charge in [-0.3, -0.25) is 4.79 Å². The van der Waals surface area contributed by atoms with E-state index in [1.807, 2.05) is 0 Å². The molecule has 1 atom stereocenters. The highest BCUT2D eigenvalue weighted by atomic mass is 19.1. The average Bonchev–Trinajstić information content (AvgIpc) is 2.69. The van der Waals surface area contributed by atoms with Gasteiger partial charge in [-0.25, -0.2) is 9.18 Å². The number of carbonyl (C=O) groups is 2. The largest absolute Gasteiger partial charge is 0.497 e. The molecule has 2 rings (SSSR count). The number of rotatable bonds is 8. The van der Waals surface area contributed by atoms with Crippen molar-refractivity contribution in [3.63, 3.8) is 0 Å². The number of amides is 2. The monoisotopic (exact) mass is 390 g/mol. The summed E-state index contributed by atoms with van der Waals surface area (Å²) in [6.45, 7) is 0.0340. The first kappa shape index (κ1) is 21.0. The number of hydrogen-bond donors (Lipinski definition) is 2. The van der Waals surface area contributed by atoms with Gasteiger partial charge in [0.1, 0.15) is 17.3 Å². The molecule has 7 nitrogen and oxygen atoms in total. The average molecular weight is 390 g/mol. The fourth-order valence-corrected chi connectivity index (χ4v) is 2.69. The summed E-state index contributed by atoms with van der Waals surface area (Å²) >= 11 is 0. The van der Waals surface area contributed by atoms with Crippen molar-refractivity contribution < 1.29 is 28.6 Å². The van der Waals surface area contributed by atoms with Crippen LogP contribution in [-0.4, -0.2) is 49.8 Å². The quantitative estimate of drug-likeness (QED) is 0.723. The summed E-state index contributed by atoms with van der Waals surface area (Å²) in [4.78, 5) is 24.6. The Labute approximate surface area is 162 Å². The number of nitrogens with zero attached hydrogens (tertiary/aromatic N) is 1. The number of methoxy groups -OCH3 is 2. The lowest BCUT2D eigenvalue weighted by molar-refractivity contribution is -0.137. The molecule has 0 saturated heterocycles. The molecule has 0 aliphatic carbocycles. The number of carboxylic acid groups (broad SMARTS) is 1. The summed E-state index contributed by atoms with van der Waals surface area (Å²) < 4.78 is 24.5. The molecule has 2 N–H and O–H groups in total. The molecule has 1 unspecified atom stereocenters. The molecule has 0 bridgehead atoms. The lowest BCUT2D eigenvalue weighted by Crippen LogP contribution is -2.40. The predicted octanol–water partition coefficient (Wildman–Crippen LogP) is 3.05. The standard InChI is InChI=1S/C20H23FN2O5/c1-23(10-9-18(24)25)20(26)22-19(13-5-4-6-15(11-13)27-2)16-12-14(21)7-8-17(16)28-3/h4-8,11-12,19H,9-10H2,1-3H3,(H,22,26)(H,24,25). The fraction of sp³-hybridized carbons (Fsp3) is 0.300. The number of benzene rings is 2. The van der Waals surface area contributed by atoms with Crippen LogP contribution in [0.5, 0.6) is 11.5 Å². The molecule has 0 heterocycles. The molecule has 0 aliphatic heterocycles. The molecule has 0 aromatic heterocycles. The second-order valence-corrected chi connectivity index (χ2v) is 6.11. The van der Waals surface area contributed by atoms with E-state index in [4.69, 9.17) is 14.6 Å². The maximum absolute atomic E-state index is 13.9. The highest BCUT2D eigenvalue weighted by molar-refractivity contribution is 5.76. The molecule has 8 heteroatoms. The third kappa shape index (κ3) is 5.35. The summed E-state index contributed by atoms with van der Waals surface area (Å²) in [6.07, 6.45) is -0.183. The van der Waals surface area contributed by atoms with Crippen LogP contribution in [0.15, 0.2) is 42.5 Å². The molecule has 2 aromatic carbocycles. The van der Waals surface area contributed by atoms with Crippen LogP contribution in [0.4, 0.5) is 9.18 Å². The molecule has 2 aromatic rings. The van der Waals surface area contributed by atoms with Crippen LogP contribution in [0.3, 0.4) is 0 Å². The number of hydrogen-bond acceptors (Lipinski definition) is 4. The lowest BCUT2D eigenvalue weighted by Gasteiger charge is -2.25. The van der Waals surface area contributed by atoms with Gasteiger partial charge in [-0.2, -0.15) is 0 Å². The smallest absolute Gasteiger partial charge is 0.317 e. The van der Waals surface area contributed by atoms with Gasteiger partial charge < -0.3 is 24.8 Å². The maximum Gasteiger partial charge on any atom is 0.317 e. The van der Waals surface area contributed by atoms with Crippen molar-refractivity contribution >= 4 is 12.0 Å². The van der Waals surface area contributed by atoms with Crippen LogP contribution in [0.2, 0.25) is 0 Å². The van der Waals surface area contributed by atoms with Crippen LogP contribution in [0, 0.1) is 5.82 Å². The lowest BCUT2D eigenvalue weighted by atomic mass is 9.97. The molecular formula is C20H23FN2O5. The van der Waals surface area contributed by atoms with E-state index in [0.29, 0.717) is 22.6 Å². The molecule has 0 fully saturated rings. The maximum atomic E-state index is 13.9. The van der Waals surface area contributed by atoms with Crippen molar-refractivity contribution in [2.24, 2.45) is 0 Å². The molecule has 0 saturated carbocycles. The van der Waals surface area contributed by atoms with E-state index in [1.54, 1.807) is 24.3 Å². The minimum atomic E-state index is -1.00. The van der Waals surface area contributed by atoms with Crippen LogP contribution in [-0.2, 0) is 4.79 Å². The Hall–Kier alpha value is -3.29. The summed E-state index contributed by atoms with van der Waals surface area (Å²) in [5.74, 6) is -0.498. The second kappa shape index (κ2) is 9.59. The molecule has 2 amide bonds. The fourth-order valence-electron chi connectivity index (χ4n) is 2.69. The van der Waals surface area contributed by atoms with Crippen molar-refractivity contribution in [2.45, 2.75) is 12.5 Å². The van der Waals surface area contributed by atoms with E-state index >= 15 is 0 Å². The van der Waals surface area contributed by atoms with Gasteiger partial charge in [0.05, 0.1) is 26.7 Å². The number of nitrogens with one attached hydrogen (secondary N) is 1. The highest BCUT2D eigenvalue weighted by Crippen LogP contribution is 2.32. The van der Waals surface area contributed by atoms with Crippen molar-refractivity contribution in [2.75, 3.05) is 27.8 Å². The van der Waals surface area contributed by atoms with E-state index in [9.17, 15) is 14.0 Å². The van der Waals surface area contributed by atoms with E-state index in [-0.39, 0.29) is 13.0 Å². The summed E-state index contributed by atoms with van der Waals surface area (Å²) in [5, 5.41) is 11.6. The van der Waals surface area contributed by atoms with E-state index in [1.165, 1.54) is 44.4 Å². The Kier molecular flexibility index (Phi) is 7.20. The molecule has 0 radical (unpaired) electrons. The number of aliphatic carboxylic acids is 1. The molecule has 0 aliphatic rings. The molecular weight excluding hydrogens is 367 g/mol. The second-order valence-electron chi connectivity index (χ2n) is 6.11. The Morgan fingerprint density at radius 1 is 1.18 bits per heavy atom. The zero-order chi connectivity index (χ0) is 20.7. The molecule has 0 spiro atoms. The third-order valence-electron chi connectivity index (χ3n) is 4.21. The number of urea groups is 1. The first-order chi connectivity index (χ1) is 13.3. The van der Waals surface area contributed by atoms with Gasteiger partial charge in [-0.1, -0.05) is 12.1 Å². The van der Waals surface area contributed by atoms with Gasteiger partial charge in [0.2, 0.25) is 0 Å². The van der Waals surface area contributed by atoms with Gasteiger partial charge in [0.25, 0.3) is 0 Å². The van der Waals surface area contributed by atoms with Crippen LogP contribution in [0.25, 0.3) is 0 Å². The van der Waals surface area contributed by atoms with Crippen molar-refractivity contribution in [3.05, 3.63) is 59.4 Å². The van der Waals surface area contributed by atoms with Crippen molar-refractivity contribution in [1.82, 2.24) is 10.2 Å². The molecule has 28 heavy (non-hydrogen) atoms. The minimum Gasteiger partial charge on any atom is -0.497 e. The van der Waals surface area contributed by atoms with E-state index < -0.39 is 23.9 Å². The van der Waals surface area contributed by atoms with Gasteiger partial charge >= 0.3 is 12.0 Å². The predicted molar refractivity (Wildman–Crippen MR) is 101 cm³/mol. The van der Waals surface area contributed by atoms with Gasteiger partial charge in [-0.05, 0) is 35.9 Å². The zero-order valence-electron chi connectivity index (χ0n) is 15.9. The van der Waals surface area contributed by atoms with Crippen LogP contribution < -0.4 is 14.8 Å². The van der Waals surface area contributed by atoms with Crippen molar-refractivity contribution in [1.29, 1.82) is 0 Å². The number of carboxylic acids is 1. The van der Waals surface area contributed by atoms with Crippen molar-refractivity contribution in [3.8, 4) is 11.5 Å². The Balaban J connectivity index is 2.41. The van der Waals surface area contributed by atoms with E-state index in [0.717, 1.165) is 0 Å². The number of halogens is 1. The zero-order valence-corrected chi connectivity index (χ0v) is 15.9. The Bertz CT molecular complexity index is 843. The summed E-state index contributed by atoms with van der Waals surface area (Å²) in [7, 11) is 4.47. The van der Waals surface area contributed by atoms with Gasteiger partial charge in [0, 0.05) is 19.2 Å².